The molecule has 11 heteroatoms. The fraction of sp³-hybridized carbons (Fsp3) is 0.118. The SMILES string of the molecule is COc1ccc(C=NNC(=O)c2ccncc2)cc1Cn1cnc([N+](=O)[O-])n1. The summed E-state index contributed by atoms with van der Waals surface area (Å²) >= 11 is 0. The molecular weight excluding hydrogens is 366 g/mol. The summed E-state index contributed by atoms with van der Waals surface area (Å²) < 4.78 is 6.65. The second-order valence-corrected chi connectivity index (χ2v) is 5.51. The molecule has 1 N–H and O–H groups in total. The predicted molar refractivity (Wildman–Crippen MR) is 98.1 cm³/mol. The Balaban J connectivity index is 1.72. The van der Waals surface area contributed by atoms with E-state index in [2.05, 4.69) is 25.6 Å². The van der Waals surface area contributed by atoms with Crippen molar-refractivity contribution in [3.05, 3.63) is 75.9 Å². The number of hydrogen-bond acceptors (Lipinski definition) is 8. The van der Waals surface area contributed by atoms with Gasteiger partial charge in [-0.05, 0) is 40.8 Å². The molecule has 2 aromatic heterocycles. The molecule has 0 unspecified atom stereocenters. The highest BCUT2D eigenvalue weighted by atomic mass is 16.6. The summed E-state index contributed by atoms with van der Waals surface area (Å²) in [4.78, 5) is 29.5. The van der Waals surface area contributed by atoms with Crippen LogP contribution in [0.3, 0.4) is 0 Å². The maximum Gasteiger partial charge on any atom is 0.490 e. The molecule has 142 valence electrons. The highest BCUT2D eigenvalue weighted by Gasteiger charge is 2.15. The third kappa shape index (κ3) is 4.52. The lowest BCUT2D eigenvalue weighted by molar-refractivity contribution is -0.394. The minimum atomic E-state index is -0.664. The second kappa shape index (κ2) is 8.49. The van der Waals surface area contributed by atoms with Gasteiger partial charge >= 0.3 is 5.95 Å². The lowest BCUT2D eigenvalue weighted by atomic mass is 10.1. The van der Waals surface area contributed by atoms with Crippen molar-refractivity contribution in [2.24, 2.45) is 5.10 Å². The van der Waals surface area contributed by atoms with Crippen LogP contribution in [0.25, 0.3) is 0 Å². The van der Waals surface area contributed by atoms with Crippen LogP contribution in [0.5, 0.6) is 5.75 Å². The molecule has 1 aromatic carbocycles. The van der Waals surface area contributed by atoms with Crippen LogP contribution in [-0.2, 0) is 6.54 Å². The van der Waals surface area contributed by atoms with Crippen molar-refractivity contribution in [1.82, 2.24) is 25.2 Å². The van der Waals surface area contributed by atoms with E-state index >= 15 is 0 Å². The van der Waals surface area contributed by atoms with Crippen molar-refractivity contribution < 1.29 is 14.5 Å². The fourth-order valence-corrected chi connectivity index (χ4v) is 2.35. The van der Waals surface area contributed by atoms with Gasteiger partial charge < -0.3 is 14.9 Å². The molecule has 0 fully saturated rings. The van der Waals surface area contributed by atoms with Crippen molar-refractivity contribution in [3.63, 3.8) is 0 Å². The number of hydrogen-bond donors (Lipinski definition) is 1. The molecule has 0 radical (unpaired) electrons. The van der Waals surface area contributed by atoms with Crippen LogP contribution in [0.4, 0.5) is 5.95 Å². The maximum atomic E-state index is 12.0. The first kappa shape index (κ1) is 18.6. The van der Waals surface area contributed by atoms with E-state index in [9.17, 15) is 14.9 Å². The summed E-state index contributed by atoms with van der Waals surface area (Å²) in [6.45, 7) is 0.217. The Bertz CT molecular complexity index is 1020. The minimum Gasteiger partial charge on any atom is -0.496 e. The van der Waals surface area contributed by atoms with Gasteiger partial charge in [0, 0.05) is 28.6 Å². The zero-order chi connectivity index (χ0) is 19.9. The number of nitrogens with one attached hydrogen (secondary N) is 1. The summed E-state index contributed by atoms with van der Waals surface area (Å²) in [5, 5.41) is 18.4. The van der Waals surface area contributed by atoms with Crippen molar-refractivity contribution in [1.29, 1.82) is 0 Å². The van der Waals surface area contributed by atoms with E-state index in [1.165, 1.54) is 36.7 Å². The quantitative estimate of drug-likeness (QED) is 0.371. The van der Waals surface area contributed by atoms with Crippen molar-refractivity contribution in [2.45, 2.75) is 6.54 Å². The summed E-state index contributed by atoms with van der Waals surface area (Å²) in [5.74, 6) is -0.256. The van der Waals surface area contributed by atoms with Gasteiger partial charge in [-0.3, -0.25) is 9.78 Å². The van der Waals surface area contributed by atoms with Crippen LogP contribution in [0, 0.1) is 10.1 Å². The Morgan fingerprint density at radius 1 is 1.36 bits per heavy atom. The normalized spacial score (nSPS) is 10.8. The van der Waals surface area contributed by atoms with E-state index < -0.39 is 10.9 Å². The average molecular weight is 381 g/mol. The number of amides is 1. The molecule has 3 aromatic rings. The molecule has 0 aliphatic rings. The van der Waals surface area contributed by atoms with Crippen LogP contribution in [-0.4, -0.2) is 43.9 Å². The van der Waals surface area contributed by atoms with Crippen molar-refractivity contribution >= 4 is 18.1 Å². The maximum absolute atomic E-state index is 12.0. The molecule has 0 bridgehead atoms. The first-order valence-corrected chi connectivity index (χ1v) is 8.01. The highest BCUT2D eigenvalue weighted by molar-refractivity contribution is 5.94. The van der Waals surface area contributed by atoms with E-state index in [0.29, 0.717) is 22.4 Å². The Morgan fingerprint density at radius 3 is 2.82 bits per heavy atom. The molecule has 0 aliphatic heterocycles. The number of rotatable bonds is 7. The first-order chi connectivity index (χ1) is 13.6. The van der Waals surface area contributed by atoms with Crippen LogP contribution in [0.1, 0.15) is 21.5 Å². The summed E-state index contributed by atoms with van der Waals surface area (Å²) in [7, 11) is 1.52. The van der Waals surface area contributed by atoms with E-state index in [1.54, 1.807) is 30.3 Å². The second-order valence-electron chi connectivity index (χ2n) is 5.51. The lowest BCUT2D eigenvalue weighted by Crippen LogP contribution is -2.17. The number of benzene rings is 1. The van der Waals surface area contributed by atoms with Crippen LogP contribution in [0.15, 0.2) is 54.2 Å². The van der Waals surface area contributed by atoms with Gasteiger partial charge in [-0.15, -0.1) is 0 Å². The van der Waals surface area contributed by atoms with Gasteiger partial charge in [0.15, 0.2) is 0 Å². The number of nitro groups is 1. The fourth-order valence-electron chi connectivity index (χ4n) is 2.35. The Kier molecular flexibility index (Phi) is 5.65. The molecule has 11 nitrogen and oxygen atoms in total. The van der Waals surface area contributed by atoms with E-state index in [4.69, 9.17) is 4.74 Å². The number of ether oxygens (including phenoxy) is 1. The first-order valence-electron chi connectivity index (χ1n) is 8.01. The number of methoxy groups -OCH3 is 1. The Hall–Kier alpha value is -4.15. The van der Waals surface area contributed by atoms with Gasteiger partial charge in [0.25, 0.3) is 5.91 Å². The zero-order valence-corrected chi connectivity index (χ0v) is 14.7. The highest BCUT2D eigenvalue weighted by Crippen LogP contribution is 2.20. The van der Waals surface area contributed by atoms with E-state index in [1.807, 2.05) is 0 Å². The Labute approximate surface area is 158 Å². The van der Waals surface area contributed by atoms with Gasteiger partial charge in [-0.1, -0.05) is 4.98 Å². The zero-order valence-electron chi connectivity index (χ0n) is 14.7. The topological polar surface area (TPSA) is 137 Å². The van der Waals surface area contributed by atoms with Crippen LogP contribution >= 0.6 is 0 Å². The summed E-state index contributed by atoms with van der Waals surface area (Å²) in [6, 6.07) is 8.41. The van der Waals surface area contributed by atoms with Crippen molar-refractivity contribution in [2.75, 3.05) is 7.11 Å². The van der Waals surface area contributed by atoms with Crippen LogP contribution in [0.2, 0.25) is 0 Å². The van der Waals surface area contributed by atoms with Gasteiger partial charge in [0.05, 0.1) is 19.9 Å². The molecular formula is C17H15N7O4. The van der Waals surface area contributed by atoms with Gasteiger partial charge in [0.2, 0.25) is 6.33 Å². The summed E-state index contributed by atoms with van der Waals surface area (Å²) in [5.41, 5.74) is 4.28. The monoisotopic (exact) mass is 381 g/mol. The number of carbonyl (C=O) groups excluding carboxylic acids is 1. The molecule has 0 atom stereocenters. The predicted octanol–water partition coefficient (Wildman–Crippen LogP) is 1.40. The molecule has 0 saturated carbocycles. The Morgan fingerprint density at radius 2 is 2.14 bits per heavy atom. The van der Waals surface area contributed by atoms with Crippen LogP contribution < -0.4 is 10.2 Å². The van der Waals surface area contributed by atoms with Crippen molar-refractivity contribution in [3.8, 4) is 5.75 Å². The largest absolute Gasteiger partial charge is 0.496 e. The number of nitrogens with zero attached hydrogens (tertiary/aromatic N) is 6. The van der Waals surface area contributed by atoms with Gasteiger partial charge in [0.1, 0.15) is 5.75 Å². The smallest absolute Gasteiger partial charge is 0.490 e. The third-order valence-electron chi connectivity index (χ3n) is 3.65. The van der Waals surface area contributed by atoms with Gasteiger partial charge in [-0.25, -0.2) is 5.43 Å². The standard InChI is InChI=1S/C17H15N7O4/c1-28-15-3-2-12(9-20-21-16(25)13-4-6-18-7-5-13)8-14(15)10-23-11-19-17(22-23)24(26)27/h2-9,11H,10H2,1H3,(H,21,25). The minimum absolute atomic E-state index is 0.217. The number of pyridine rings is 1. The lowest BCUT2D eigenvalue weighted by Gasteiger charge is -2.08. The number of aromatic nitrogens is 4. The molecule has 0 saturated heterocycles. The number of hydrazone groups is 1. The number of carbonyl (C=O) groups is 1. The molecule has 0 spiro atoms. The molecule has 1 amide bonds. The van der Waals surface area contributed by atoms with E-state index in [0.717, 1.165) is 0 Å². The molecule has 0 aliphatic carbocycles. The third-order valence-corrected chi connectivity index (χ3v) is 3.65. The summed E-state index contributed by atoms with van der Waals surface area (Å²) in [6.07, 6.45) is 5.78. The molecule has 3 rings (SSSR count). The molecule has 2 heterocycles. The van der Waals surface area contributed by atoms with Gasteiger partial charge in [-0.2, -0.15) is 9.78 Å². The van der Waals surface area contributed by atoms with E-state index in [-0.39, 0.29) is 12.5 Å². The molecule has 28 heavy (non-hydrogen) atoms. The average Bonchev–Trinajstić information content (AvgIpc) is 3.18.